The molecule has 0 saturated carbocycles. The van der Waals surface area contributed by atoms with E-state index in [-0.39, 0.29) is 5.56 Å². The van der Waals surface area contributed by atoms with Crippen LogP contribution in [0.2, 0.25) is 0 Å². The number of aromatic nitrogens is 2. The molecule has 6 heteroatoms. The average Bonchev–Trinajstić information content (AvgIpc) is 2.58. The van der Waals surface area contributed by atoms with Crippen molar-refractivity contribution in [2.45, 2.75) is 6.54 Å². The molecule has 0 amide bonds. The Morgan fingerprint density at radius 2 is 1.96 bits per heavy atom. The lowest BCUT2D eigenvalue weighted by atomic mass is 10.1. The molecule has 3 rings (SSSR count). The van der Waals surface area contributed by atoms with Crippen LogP contribution < -0.4 is 15.6 Å². The largest absolute Gasteiger partial charge is 0.497 e. The lowest BCUT2D eigenvalue weighted by molar-refractivity contribution is 0.415. The Labute approximate surface area is 142 Å². The molecule has 5 nitrogen and oxygen atoms in total. The van der Waals surface area contributed by atoms with E-state index in [1.54, 1.807) is 20.4 Å². The fourth-order valence-corrected chi connectivity index (χ4v) is 2.84. The van der Waals surface area contributed by atoms with Crippen molar-refractivity contribution in [3.8, 4) is 5.75 Å². The number of halogens is 1. The normalized spacial score (nSPS) is 10.7. The van der Waals surface area contributed by atoms with Gasteiger partial charge in [-0.3, -0.25) is 4.79 Å². The second kappa shape index (κ2) is 6.42. The number of anilines is 1. The number of aryl methyl sites for hydroxylation is 1. The van der Waals surface area contributed by atoms with E-state index >= 15 is 0 Å². The zero-order chi connectivity index (χ0) is 16.4. The molecule has 0 radical (unpaired) electrons. The fraction of sp³-hybridized carbons (Fsp3) is 0.176. The van der Waals surface area contributed by atoms with Crippen LogP contribution in [0.3, 0.4) is 0 Å². The number of fused-ring (bicyclic) bond motifs is 1. The lowest BCUT2D eigenvalue weighted by Crippen LogP contribution is -2.21. The summed E-state index contributed by atoms with van der Waals surface area (Å²) in [6.07, 6.45) is 1.64. The minimum absolute atomic E-state index is 0.166. The van der Waals surface area contributed by atoms with E-state index in [2.05, 4.69) is 44.5 Å². The summed E-state index contributed by atoms with van der Waals surface area (Å²) in [7, 11) is 3.28. The molecule has 0 saturated heterocycles. The number of nitrogens with zero attached hydrogens (tertiary/aromatic N) is 2. The molecule has 0 bridgehead atoms. The van der Waals surface area contributed by atoms with Gasteiger partial charge >= 0.3 is 0 Å². The summed E-state index contributed by atoms with van der Waals surface area (Å²) < 4.78 is 7.01. The van der Waals surface area contributed by atoms with Gasteiger partial charge in [0, 0.05) is 13.6 Å². The first-order valence-electron chi connectivity index (χ1n) is 7.11. The number of methoxy groups -OCH3 is 1. The van der Waals surface area contributed by atoms with Crippen molar-refractivity contribution >= 4 is 32.4 Å². The monoisotopic (exact) mass is 373 g/mol. The first-order chi connectivity index (χ1) is 11.1. The Morgan fingerprint density at radius 1 is 1.22 bits per heavy atom. The smallest absolute Gasteiger partial charge is 0.282 e. The Balaban J connectivity index is 1.82. The van der Waals surface area contributed by atoms with Crippen molar-refractivity contribution < 1.29 is 4.74 Å². The molecule has 0 fully saturated rings. The van der Waals surface area contributed by atoms with Gasteiger partial charge in [0.05, 0.1) is 19.0 Å². The van der Waals surface area contributed by atoms with Crippen molar-refractivity contribution in [2.75, 3.05) is 12.4 Å². The van der Waals surface area contributed by atoms with E-state index in [1.807, 2.05) is 18.2 Å². The van der Waals surface area contributed by atoms with Crippen LogP contribution in [0.1, 0.15) is 5.56 Å². The zero-order valence-corrected chi connectivity index (χ0v) is 14.4. The summed E-state index contributed by atoms with van der Waals surface area (Å²) >= 11 is 3.31. The van der Waals surface area contributed by atoms with Crippen molar-refractivity contribution in [1.82, 2.24) is 9.78 Å². The maximum absolute atomic E-state index is 11.8. The van der Waals surface area contributed by atoms with Crippen LogP contribution in [0.15, 0.2) is 51.9 Å². The lowest BCUT2D eigenvalue weighted by Gasteiger charge is -2.10. The maximum Gasteiger partial charge on any atom is 0.282 e. The van der Waals surface area contributed by atoms with E-state index in [0.717, 1.165) is 22.1 Å². The highest BCUT2D eigenvalue weighted by Gasteiger charge is 2.06. The van der Waals surface area contributed by atoms with Gasteiger partial charge in [-0.05, 0) is 50.5 Å². The first-order valence-corrected chi connectivity index (χ1v) is 7.90. The van der Waals surface area contributed by atoms with Crippen LogP contribution in [-0.4, -0.2) is 16.9 Å². The van der Waals surface area contributed by atoms with Crippen LogP contribution in [-0.2, 0) is 13.6 Å². The van der Waals surface area contributed by atoms with Gasteiger partial charge in [0.2, 0.25) is 0 Å². The maximum atomic E-state index is 11.8. The number of ether oxygens (including phenoxy) is 1. The van der Waals surface area contributed by atoms with Gasteiger partial charge < -0.3 is 10.1 Å². The zero-order valence-electron chi connectivity index (χ0n) is 12.8. The van der Waals surface area contributed by atoms with Gasteiger partial charge in [0.15, 0.2) is 0 Å². The van der Waals surface area contributed by atoms with E-state index < -0.39 is 0 Å². The molecule has 0 spiro atoms. The molecule has 2 aromatic carbocycles. The molecular formula is C17H16BrN3O2. The van der Waals surface area contributed by atoms with Gasteiger partial charge in [0.25, 0.3) is 5.56 Å². The van der Waals surface area contributed by atoms with Crippen molar-refractivity contribution in [1.29, 1.82) is 0 Å². The van der Waals surface area contributed by atoms with Gasteiger partial charge in [-0.15, -0.1) is 0 Å². The molecule has 0 aliphatic carbocycles. The highest BCUT2D eigenvalue weighted by Crippen LogP contribution is 2.23. The molecule has 1 aromatic heterocycles. The second-order valence-corrected chi connectivity index (χ2v) is 5.99. The molecular weight excluding hydrogens is 358 g/mol. The molecule has 118 valence electrons. The summed E-state index contributed by atoms with van der Waals surface area (Å²) in [5.74, 6) is 0.846. The van der Waals surface area contributed by atoms with Crippen LogP contribution >= 0.6 is 15.9 Å². The number of nitrogens with one attached hydrogen (secondary N) is 1. The predicted molar refractivity (Wildman–Crippen MR) is 95.0 cm³/mol. The standard InChI is InChI=1S/C17H16BrN3O2/c1-21-17(22)16(18)15(10-20-21)19-9-11-3-4-13-8-14(23-2)6-5-12(13)7-11/h3-8,10,19H,9H2,1-2H3. The van der Waals surface area contributed by atoms with Crippen LogP contribution in [0.5, 0.6) is 5.75 Å². The summed E-state index contributed by atoms with van der Waals surface area (Å²) in [5.41, 5.74) is 1.64. The Hall–Kier alpha value is -2.34. The topological polar surface area (TPSA) is 56.1 Å². The van der Waals surface area contributed by atoms with Gasteiger partial charge in [-0.2, -0.15) is 5.10 Å². The summed E-state index contributed by atoms with van der Waals surface area (Å²) in [6, 6.07) is 12.2. The van der Waals surface area contributed by atoms with Crippen molar-refractivity contribution in [3.63, 3.8) is 0 Å². The fourth-order valence-electron chi connectivity index (χ4n) is 2.34. The number of benzene rings is 2. The molecule has 23 heavy (non-hydrogen) atoms. The van der Waals surface area contributed by atoms with Gasteiger partial charge in [0.1, 0.15) is 10.2 Å². The van der Waals surface area contributed by atoms with Crippen LogP contribution in [0.4, 0.5) is 5.69 Å². The third-order valence-corrected chi connectivity index (χ3v) is 4.44. The van der Waals surface area contributed by atoms with Crippen LogP contribution in [0, 0.1) is 0 Å². The predicted octanol–water partition coefficient (Wildman–Crippen LogP) is 3.32. The first kappa shape index (κ1) is 15.6. The minimum atomic E-state index is -0.166. The van der Waals surface area contributed by atoms with E-state index in [0.29, 0.717) is 16.7 Å². The summed E-state index contributed by atoms with van der Waals surface area (Å²) in [6.45, 7) is 0.607. The van der Waals surface area contributed by atoms with Gasteiger partial charge in [-0.25, -0.2) is 4.68 Å². The Kier molecular flexibility index (Phi) is 4.34. The molecule has 3 aromatic rings. The molecule has 0 aliphatic rings. The average molecular weight is 374 g/mol. The van der Waals surface area contributed by atoms with E-state index in [4.69, 9.17) is 4.74 Å². The molecule has 1 heterocycles. The van der Waals surface area contributed by atoms with E-state index in [1.165, 1.54) is 4.68 Å². The number of hydrogen-bond donors (Lipinski definition) is 1. The van der Waals surface area contributed by atoms with Gasteiger partial charge in [-0.1, -0.05) is 18.2 Å². The summed E-state index contributed by atoms with van der Waals surface area (Å²) in [4.78, 5) is 11.8. The highest BCUT2D eigenvalue weighted by molar-refractivity contribution is 9.10. The molecule has 1 N–H and O–H groups in total. The summed E-state index contributed by atoms with van der Waals surface area (Å²) in [5, 5.41) is 9.53. The molecule has 0 atom stereocenters. The third-order valence-electron chi connectivity index (χ3n) is 3.67. The molecule has 0 aliphatic heterocycles. The minimum Gasteiger partial charge on any atom is -0.497 e. The highest BCUT2D eigenvalue weighted by atomic mass is 79.9. The third kappa shape index (κ3) is 3.22. The Morgan fingerprint density at radius 3 is 2.74 bits per heavy atom. The quantitative estimate of drug-likeness (QED) is 0.761. The SMILES string of the molecule is COc1ccc2cc(CNc3cnn(C)c(=O)c3Br)ccc2c1. The van der Waals surface area contributed by atoms with Crippen molar-refractivity contribution in [3.05, 3.63) is 63.0 Å². The second-order valence-electron chi connectivity index (χ2n) is 5.20. The van der Waals surface area contributed by atoms with Crippen molar-refractivity contribution in [2.24, 2.45) is 7.05 Å². The van der Waals surface area contributed by atoms with Crippen LogP contribution in [0.25, 0.3) is 10.8 Å². The number of hydrogen-bond acceptors (Lipinski definition) is 4. The Bertz CT molecular complexity index is 921. The van der Waals surface area contributed by atoms with E-state index in [9.17, 15) is 4.79 Å². The molecule has 0 unspecified atom stereocenters. The number of rotatable bonds is 4.